The highest BCUT2D eigenvalue weighted by Gasteiger charge is 2.27. The van der Waals surface area contributed by atoms with Gasteiger partial charge in [0.25, 0.3) is 0 Å². The summed E-state index contributed by atoms with van der Waals surface area (Å²) in [4.78, 5) is 18.1. The molecular weight excluding hydrogens is 284 g/mol. The van der Waals surface area contributed by atoms with Gasteiger partial charge in [-0.3, -0.25) is 4.98 Å². The third-order valence-corrected chi connectivity index (χ3v) is 4.59. The summed E-state index contributed by atoms with van der Waals surface area (Å²) < 4.78 is 5.46. The van der Waals surface area contributed by atoms with Crippen LogP contribution in [0.5, 0.6) is 0 Å². The predicted octanol–water partition coefficient (Wildman–Crippen LogP) is 3.71. The normalized spacial score (nSPS) is 19.4. The van der Waals surface area contributed by atoms with Crippen molar-refractivity contribution < 1.29 is 9.53 Å². The van der Waals surface area contributed by atoms with Crippen molar-refractivity contribution in [3.63, 3.8) is 0 Å². The van der Waals surface area contributed by atoms with E-state index in [2.05, 4.69) is 11.1 Å². The topological polar surface area (TPSA) is 42.4 Å². The quantitative estimate of drug-likeness (QED) is 0.853. The molecule has 0 N–H and O–H groups in total. The summed E-state index contributed by atoms with van der Waals surface area (Å²) in [6, 6.07) is 4.05. The molecule has 1 saturated heterocycles. The van der Waals surface area contributed by atoms with Crippen LogP contribution in [0.3, 0.4) is 0 Å². The molecule has 1 aromatic heterocycles. The highest BCUT2D eigenvalue weighted by Crippen LogP contribution is 2.26. The summed E-state index contributed by atoms with van der Waals surface area (Å²) in [6.07, 6.45) is 5.71. The first-order chi connectivity index (χ1) is 9.94. The van der Waals surface area contributed by atoms with Gasteiger partial charge in [-0.25, -0.2) is 4.79 Å². The van der Waals surface area contributed by atoms with Crippen LogP contribution < -0.4 is 0 Å². The molecule has 1 aromatic rings. The molecule has 0 spiro atoms. The third kappa shape index (κ3) is 5.58. The maximum Gasteiger partial charge on any atom is 0.410 e. The molecule has 0 saturated carbocycles. The Morgan fingerprint density at radius 2 is 2.33 bits per heavy atom. The van der Waals surface area contributed by atoms with Gasteiger partial charge in [0.1, 0.15) is 5.60 Å². The molecule has 4 nitrogen and oxygen atoms in total. The number of hydrogen-bond acceptors (Lipinski definition) is 4. The summed E-state index contributed by atoms with van der Waals surface area (Å²) in [5, 5.41) is 0.478. The fourth-order valence-electron chi connectivity index (χ4n) is 2.26. The molecular formula is C16H24N2O2S. The second kappa shape index (κ2) is 7.16. The number of ether oxygens (including phenoxy) is 1. The molecule has 0 radical (unpaired) electrons. The minimum Gasteiger partial charge on any atom is -0.444 e. The molecule has 0 bridgehead atoms. The SMILES string of the molecule is CC(C)(C)OC(=O)N1CCC[C@H](SCc2cccnc2)C1. The molecule has 2 heterocycles. The number of likely N-dealkylation sites (tertiary alicyclic amines) is 1. The van der Waals surface area contributed by atoms with E-state index >= 15 is 0 Å². The lowest BCUT2D eigenvalue weighted by Crippen LogP contribution is -2.43. The van der Waals surface area contributed by atoms with Gasteiger partial charge in [-0.2, -0.15) is 11.8 Å². The van der Waals surface area contributed by atoms with E-state index < -0.39 is 5.60 Å². The molecule has 0 aromatic carbocycles. The average molecular weight is 308 g/mol. The fraction of sp³-hybridized carbons (Fsp3) is 0.625. The summed E-state index contributed by atoms with van der Waals surface area (Å²) in [6.45, 7) is 7.30. The Labute approximate surface area is 131 Å². The Hall–Kier alpha value is -1.23. The van der Waals surface area contributed by atoms with Crippen molar-refractivity contribution in [2.75, 3.05) is 13.1 Å². The van der Waals surface area contributed by atoms with E-state index in [-0.39, 0.29) is 6.09 Å². The van der Waals surface area contributed by atoms with Crippen molar-refractivity contribution >= 4 is 17.9 Å². The molecule has 5 heteroatoms. The van der Waals surface area contributed by atoms with Crippen LogP contribution in [0.4, 0.5) is 4.79 Å². The first-order valence-corrected chi connectivity index (χ1v) is 8.47. The van der Waals surface area contributed by atoms with Gasteiger partial charge in [0.2, 0.25) is 0 Å². The van der Waals surface area contributed by atoms with Crippen molar-refractivity contribution in [1.29, 1.82) is 0 Å². The van der Waals surface area contributed by atoms with E-state index in [9.17, 15) is 4.79 Å². The van der Waals surface area contributed by atoms with Gasteiger partial charge in [-0.15, -0.1) is 0 Å². The van der Waals surface area contributed by atoms with E-state index in [1.165, 1.54) is 5.56 Å². The second-order valence-electron chi connectivity index (χ2n) is 6.36. The van der Waals surface area contributed by atoms with Crippen LogP contribution in [0, 0.1) is 0 Å². The zero-order valence-corrected chi connectivity index (χ0v) is 13.9. The average Bonchev–Trinajstić information content (AvgIpc) is 2.45. The van der Waals surface area contributed by atoms with Crippen LogP contribution in [0.2, 0.25) is 0 Å². The lowest BCUT2D eigenvalue weighted by atomic mass is 10.1. The number of thioether (sulfide) groups is 1. The number of hydrogen-bond donors (Lipinski definition) is 0. The van der Waals surface area contributed by atoms with Crippen LogP contribution in [0.25, 0.3) is 0 Å². The first kappa shape index (κ1) is 16.1. The van der Waals surface area contributed by atoms with Gasteiger partial charge in [-0.05, 0) is 45.2 Å². The van der Waals surface area contributed by atoms with Gasteiger partial charge < -0.3 is 9.64 Å². The molecule has 1 atom stereocenters. The molecule has 21 heavy (non-hydrogen) atoms. The lowest BCUT2D eigenvalue weighted by molar-refractivity contribution is 0.0220. The van der Waals surface area contributed by atoms with Crippen molar-refractivity contribution in [2.24, 2.45) is 0 Å². The number of carbonyl (C=O) groups is 1. The highest BCUT2D eigenvalue weighted by atomic mass is 32.2. The Morgan fingerprint density at radius 1 is 1.52 bits per heavy atom. The summed E-state index contributed by atoms with van der Waals surface area (Å²) in [5.74, 6) is 0.945. The summed E-state index contributed by atoms with van der Waals surface area (Å²) >= 11 is 1.90. The van der Waals surface area contributed by atoms with E-state index in [4.69, 9.17) is 4.74 Å². The second-order valence-corrected chi connectivity index (χ2v) is 7.65. The van der Waals surface area contributed by atoms with Crippen molar-refractivity contribution in [3.8, 4) is 0 Å². The van der Waals surface area contributed by atoms with Crippen LogP contribution in [0.15, 0.2) is 24.5 Å². The van der Waals surface area contributed by atoms with Gasteiger partial charge in [0, 0.05) is 36.5 Å². The molecule has 1 aliphatic rings. The number of piperidine rings is 1. The van der Waals surface area contributed by atoms with Gasteiger partial charge in [0.05, 0.1) is 0 Å². The standard InChI is InChI=1S/C16H24N2O2S/c1-16(2,3)20-15(19)18-9-5-7-14(11-18)21-12-13-6-4-8-17-10-13/h4,6,8,10,14H,5,7,9,11-12H2,1-3H3/t14-/m0/s1. The maximum atomic E-state index is 12.1. The van der Waals surface area contributed by atoms with Crippen molar-refractivity contribution in [2.45, 2.75) is 50.2 Å². The van der Waals surface area contributed by atoms with E-state index in [1.807, 2.05) is 49.7 Å². The van der Waals surface area contributed by atoms with E-state index in [0.29, 0.717) is 5.25 Å². The molecule has 116 valence electrons. The predicted molar refractivity (Wildman–Crippen MR) is 86.4 cm³/mol. The largest absolute Gasteiger partial charge is 0.444 e. The Morgan fingerprint density at radius 3 is 3.00 bits per heavy atom. The van der Waals surface area contributed by atoms with Gasteiger partial charge in [-0.1, -0.05) is 6.07 Å². The van der Waals surface area contributed by atoms with Gasteiger partial charge >= 0.3 is 6.09 Å². The molecule has 1 fully saturated rings. The minimum atomic E-state index is -0.424. The first-order valence-electron chi connectivity index (χ1n) is 7.42. The summed E-state index contributed by atoms with van der Waals surface area (Å²) in [7, 11) is 0. The lowest BCUT2D eigenvalue weighted by Gasteiger charge is -2.33. The van der Waals surface area contributed by atoms with Crippen LogP contribution in [0.1, 0.15) is 39.2 Å². The smallest absolute Gasteiger partial charge is 0.410 e. The maximum absolute atomic E-state index is 12.1. The number of rotatable bonds is 3. The number of pyridine rings is 1. The van der Waals surface area contributed by atoms with Crippen molar-refractivity contribution in [1.82, 2.24) is 9.88 Å². The van der Waals surface area contributed by atoms with E-state index in [1.54, 1.807) is 6.20 Å². The Bertz CT molecular complexity index is 459. The van der Waals surface area contributed by atoms with Crippen LogP contribution in [-0.4, -0.2) is 39.9 Å². The number of aromatic nitrogens is 1. The monoisotopic (exact) mass is 308 g/mol. The number of nitrogens with zero attached hydrogens (tertiary/aromatic N) is 2. The Balaban J connectivity index is 1.82. The van der Waals surface area contributed by atoms with E-state index in [0.717, 1.165) is 31.7 Å². The molecule has 2 rings (SSSR count). The third-order valence-electron chi connectivity index (χ3n) is 3.24. The minimum absolute atomic E-state index is 0.186. The number of carbonyl (C=O) groups excluding carboxylic acids is 1. The highest BCUT2D eigenvalue weighted by molar-refractivity contribution is 7.99. The zero-order chi connectivity index (χ0) is 15.3. The van der Waals surface area contributed by atoms with Crippen LogP contribution >= 0.6 is 11.8 Å². The van der Waals surface area contributed by atoms with Crippen LogP contribution in [-0.2, 0) is 10.5 Å². The van der Waals surface area contributed by atoms with Gasteiger partial charge in [0.15, 0.2) is 0 Å². The fourth-order valence-corrected chi connectivity index (χ4v) is 3.48. The number of amides is 1. The molecule has 0 aliphatic carbocycles. The summed E-state index contributed by atoms with van der Waals surface area (Å²) in [5.41, 5.74) is 0.810. The molecule has 0 unspecified atom stereocenters. The molecule has 1 aliphatic heterocycles. The Kier molecular flexibility index (Phi) is 5.51. The molecule has 1 amide bonds. The zero-order valence-electron chi connectivity index (χ0n) is 13.0. The van der Waals surface area contributed by atoms with Crippen molar-refractivity contribution in [3.05, 3.63) is 30.1 Å².